The minimum atomic E-state index is -4.10. The minimum Gasteiger partial charge on any atom is -0.319 e. The van der Waals surface area contributed by atoms with Crippen LogP contribution in [-0.2, 0) is 0 Å². The molecular formula is C15H32NO3P. The van der Waals surface area contributed by atoms with Gasteiger partial charge in [-0.25, -0.2) is 4.74 Å². The molecule has 1 saturated carbocycles. The zero-order chi connectivity index (χ0) is 15.4. The van der Waals surface area contributed by atoms with Crippen molar-refractivity contribution in [3.63, 3.8) is 0 Å². The molecule has 20 heavy (non-hydrogen) atoms. The van der Waals surface area contributed by atoms with Crippen LogP contribution in [0.4, 0.5) is 0 Å². The molecule has 3 N–H and O–H groups in total. The second-order valence-corrected chi connectivity index (χ2v) is 7.51. The molecule has 5 heteroatoms. The fourth-order valence-corrected chi connectivity index (χ4v) is 5.75. The van der Waals surface area contributed by atoms with Gasteiger partial charge in [0.2, 0.25) is 0 Å². The molecule has 0 spiro atoms. The molecule has 1 fully saturated rings. The molecule has 2 atom stereocenters. The van der Waals surface area contributed by atoms with Crippen molar-refractivity contribution in [2.45, 2.75) is 84.6 Å². The van der Waals surface area contributed by atoms with Gasteiger partial charge in [-0.05, 0) is 43.4 Å². The fourth-order valence-electron chi connectivity index (χ4n) is 4.80. The number of hydrogen-bond acceptors (Lipinski definition) is 1. The Labute approximate surface area is 123 Å². The van der Waals surface area contributed by atoms with Gasteiger partial charge in [0.25, 0.3) is 0 Å². The third-order valence-corrected chi connectivity index (χ3v) is 6.42. The Morgan fingerprint density at radius 1 is 1.00 bits per heavy atom. The van der Waals surface area contributed by atoms with E-state index < -0.39 is 13.3 Å². The summed E-state index contributed by atoms with van der Waals surface area (Å²) in [7, 11) is -4.10. The summed E-state index contributed by atoms with van der Waals surface area (Å²) >= 11 is 0. The normalized spacial score (nSPS) is 30.9. The van der Waals surface area contributed by atoms with Gasteiger partial charge in [0.05, 0.1) is 5.54 Å². The van der Waals surface area contributed by atoms with E-state index >= 15 is 0 Å². The van der Waals surface area contributed by atoms with Gasteiger partial charge in [-0.2, -0.15) is 0 Å². The van der Waals surface area contributed by atoms with Crippen molar-refractivity contribution in [3.05, 3.63) is 0 Å². The average molecular weight is 305 g/mol. The SMILES string of the molecule is CCC1CCCCC(CC)(N=P(O)(O)O)C1(CC)CC. The zero-order valence-corrected chi connectivity index (χ0v) is 14.4. The van der Waals surface area contributed by atoms with Gasteiger partial charge in [0.1, 0.15) is 0 Å². The van der Waals surface area contributed by atoms with Gasteiger partial charge < -0.3 is 14.7 Å². The molecule has 0 aliphatic heterocycles. The van der Waals surface area contributed by atoms with Gasteiger partial charge in [0, 0.05) is 0 Å². The van der Waals surface area contributed by atoms with Crippen LogP contribution in [-0.4, -0.2) is 20.2 Å². The minimum absolute atomic E-state index is 0.0353. The van der Waals surface area contributed by atoms with Crippen LogP contribution >= 0.6 is 7.74 Å². The molecule has 0 amide bonds. The summed E-state index contributed by atoms with van der Waals surface area (Å²) in [5, 5.41) is 0. The van der Waals surface area contributed by atoms with E-state index in [0.717, 1.165) is 38.5 Å². The van der Waals surface area contributed by atoms with Crippen LogP contribution in [0.3, 0.4) is 0 Å². The first-order chi connectivity index (χ1) is 9.30. The molecule has 0 saturated heterocycles. The molecule has 1 rings (SSSR count). The van der Waals surface area contributed by atoms with E-state index in [9.17, 15) is 14.7 Å². The highest BCUT2D eigenvalue weighted by Gasteiger charge is 2.53. The van der Waals surface area contributed by atoms with Crippen LogP contribution < -0.4 is 0 Å². The summed E-state index contributed by atoms with van der Waals surface area (Å²) in [6.45, 7) is 8.65. The van der Waals surface area contributed by atoms with Gasteiger partial charge in [0.15, 0.2) is 0 Å². The lowest BCUT2D eigenvalue weighted by atomic mass is 9.57. The van der Waals surface area contributed by atoms with E-state index in [1.165, 1.54) is 12.8 Å². The molecule has 0 aromatic carbocycles. The molecule has 0 radical (unpaired) electrons. The van der Waals surface area contributed by atoms with E-state index in [-0.39, 0.29) is 5.41 Å². The molecule has 120 valence electrons. The van der Waals surface area contributed by atoms with Crippen LogP contribution in [0, 0.1) is 11.3 Å². The summed E-state index contributed by atoms with van der Waals surface area (Å²) < 4.78 is 4.25. The van der Waals surface area contributed by atoms with Crippen molar-refractivity contribution in [2.75, 3.05) is 0 Å². The Kier molecular flexibility index (Phi) is 6.28. The first kappa shape index (κ1) is 18.2. The van der Waals surface area contributed by atoms with Crippen molar-refractivity contribution < 1.29 is 14.7 Å². The Morgan fingerprint density at radius 2 is 1.60 bits per heavy atom. The van der Waals surface area contributed by atoms with E-state index in [1.54, 1.807) is 0 Å². The lowest BCUT2D eigenvalue weighted by Crippen LogP contribution is -2.49. The van der Waals surface area contributed by atoms with Crippen LogP contribution in [0.15, 0.2) is 4.74 Å². The standard InChI is InChI=1S/C15H32NO3P/c1-5-13-11-9-10-12-15(8-4,16-20(17,18)19)14(13,6-2)7-3/h13,17-19H,5-12H2,1-4H3. The maximum absolute atomic E-state index is 9.60. The maximum Gasteiger partial charge on any atom is 0.348 e. The molecule has 1 aliphatic carbocycles. The molecule has 0 aromatic heterocycles. The molecule has 1 aliphatic rings. The Bertz CT molecular complexity index is 354. The van der Waals surface area contributed by atoms with E-state index in [1.807, 2.05) is 0 Å². The predicted molar refractivity (Wildman–Crippen MR) is 84.3 cm³/mol. The largest absolute Gasteiger partial charge is 0.348 e. The van der Waals surface area contributed by atoms with Crippen molar-refractivity contribution in [3.8, 4) is 0 Å². The van der Waals surface area contributed by atoms with Crippen molar-refractivity contribution in [1.29, 1.82) is 0 Å². The van der Waals surface area contributed by atoms with Gasteiger partial charge in [-0.15, -0.1) is 0 Å². The van der Waals surface area contributed by atoms with Crippen LogP contribution in [0.1, 0.15) is 79.1 Å². The highest BCUT2D eigenvalue weighted by Crippen LogP contribution is 2.58. The monoisotopic (exact) mass is 305 g/mol. The molecular weight excluding hydrogens is 273 g/mol. The summed E-state index contributed by atoms with van der Waals surface area (Å²) in [6, 6.07) is 0. The van der Waals surface area contributed by atoms with Gasteiger partial charge in [-0.1, -0.05) is 47.0 Å². The fraction of sp³-hybridized carbons (Fsp3) is 1.00. The number of hydrogen-bond donors (Lipinski definition) is 3. The Balaban J connectivity index is 3.48. The van der Waals surface area contributed by atoms with Crippen LogP contribution in [0.25, 0.3) is 0 Å². The van der Waals surface area contributed by atoms with Crippen LogP contribution in [0.5, 0.6) is 0 Å². The second-order valence-electron chi connectivity index (χ2n) is 6.24. The van der Waals surface area contributed by atoms with E-state index in [0.29, 0.717) is 5.92 Å². The quantitative estimate of drug-likeness (QED) is 0.518. The van der Waals surface area contributed by atoms with Crippen molar-refractivity contribution in [1.82, 2.24) is 0 Å². The number of nitrogens with zero attached hydrogens (tertiary/aromatic N) is 1. The van der Waals surface area contributed by atoms with Crippen LogP contribution in [0.2, 0.25) is 0 Å². The molecule has 0 aromatic rings. The maximum atomic E-state index is 9.60. The lowest BCUT2D eigenvalue weighted by molar-refractivity contribution is 0.0285. The third kappa shape index (κ3) is 3.30. The predicted octanol–water partition coefficient (Wildman–Crippen LogP) is 4.46. The third-order valence-electron chi connectivity index (χ3n) is 5.77. The van der Waals surface area contributed by atoms with E-state index in [2.05, 4.69) is 32.4 Å². The molecule has 4 nitrogen and oxygen atoms in total. The van der Waals surface area contributed by atoms with Crippen molar-refractivity contribution in [2.24, 2.45) is 16.1 Å². The lowest BCUT2D eigenvalue weighted by Gasteiger charge is -2.51. The molecule has 0 heterocycles. The van der Waals surface area contributed by atoms with E-state index in [4.69, 9.17) is 0 Å². The second kappa shape index (κ2) is 6.91. The Morgan fingerprint density at radius 3 is 2.00 bits per heavy atom. The molecule has 0 bridgehead atoms. The summed E-state index contributed by atoms with van der Waals surface area (Å²) in [5.74, 6) is 0.537. The highest BCUT2D eigenvalue weighted by molar-refractivity contribution is 7.48. The first-order valence-corrected chi connectivity index (χ1v) is 9.72. The topological polar surface area (TPSA) is 73.1 Å². The summed E-state index contributed by atoms with van der Waals surface area (Å²) in [4.78, 5) is 28.8. The highest BCUT2D eigenvalue weighted by atomic mass is 31.2. The zero-order valence-electron chi connectivity index (χ0n) is 13.5. The van der Waals surface area contributed by atoms with Crippen molar-refractivity contribution >= 4 is 7.74 Å². The summed E-state index contributed by atoms with van der Waals surface area (Å²) in [5.41, 5.74) is -0.536. The first-order valence-electron chi connectivity index (χ1n) is 8.12. The Hall–Kier alpha value is 0.110. The van der Waals surface area contributed by atoms with Gasteiger partial charge >= 0.3 is 7.74 Å². The number of rotatable bonds is 5. The van der Waals surface area contributed by atoms with Gasteiger partial charge in [-0.3, -0.25) is 0 Å². The summed E-state index contributed by atoms with van der Waals surface area (Å²) in [6.07, 6.45) is 8.05. The average Bonchev–Trinajstić information content (AvgIpc) is 2.54. The smallest absolute Gasteiger partial charge is 0.319 e. The molecule has 2 unspecified atom stereocenters.